The predicted molar refractivity (Wildman–Crippen MR) is 74.3 cm³/mol. The molecule has 0 bridgehead atoms. The summed E-state index contributed by atoms with van der Waals surface area (Å²) in [4.78, 5) is 10.7. The molecule has 5 nitrogen and oxygen atoms in total. The average Bonchev–Trinajstić information content (AvgIpc) is 2.38. The van der Waals surface area contributed by atoms with Gasteiger partial charge in [0, 0.05) is 6.07 Å². The molecule has 1 amide bonds. The number of ether oxygens (including phenoxy) is 2. The van der Waals surface area contributed by atoms with Gasteiger partial charge in [0.25, 0.3) is 0 Å². The largest absolute Gasteiger partial charge is 0.493 e. The van der Waals surface area contributed by atoms with Gasteiger partial charge in [0.2, 0.25) is 5.91 Å². The van der Waals surface area contributed by atoms with E-state index < -0.39 is 0 Å². The number of hydrogen-bond acceptors (Lipinski definition) is 4. The van der Waals surface area contributed by atoms with Crippen molar-refractivity contribution in [1.29, 1.82) is 0 Å². The van der Waals surface area contributed by atoms with Crippen molar-refractivity contribution < 1.29 is 14.3 Å². The van der Waals surface area contributed by atoms with E-state index in [0.29, 0.717) is 18.9 Å². The Kier molecular flexibility index (Phi) is 6.74. The second-order valence-corrected chi connectivity index (χ2v) is 4.22. The summed E-state index contributed by atoms with van der Waals surface area (Å²) in [6, 6.07) is 5.68. The number of carbonyl (C=O) groups excluding carboxylic acids is 1. The summed E-state index contributed by atoms with van der Waals surface area (Å²) in [5.74, 6) is 1.09. The van der Waals surface area contributed by atoms with Crippen LogP contribution in [0.3, 0.4) is 0 Å². The Morgan fingerprint density at radius 1 is 1.26 bits per heavy atom. The second kappa shape index (κ2) is 8.37. The van der Waals surface area contributed by atoms with Crippen LogP contribution in [0.4, 0.5) is 0 Å². The summed E-state index contributed by atoms with van der Waals surface area (Å²) in [6.45, 7) is 3.52. The molecule has 0 fully saturated rings. The third-order valence-electron chi connectivity index (χ3n) is 2.53. The molecule has 0 aliphatic rings. The maximum absolute atomic E-state index is 10.7. The summed E-state index contributed by atoms with van der Waals surface area (Å²) in [6.07, 6.45) is 1.87. The lowest BCUT2D eigenvalue weighted by Gasteiger charge is -2.13. The molecule has 4 N–H and O–H groups in total. The minimum absolute atomic E-state index is 0.197. The number of carbonyl (C=O) groups is 1. The zero-order chi connectivity index (χ0) is 14.1. The van der Waals surface area contributed by atoms with Crippen LogP contribution in [-0.4, -0.2) is 25.7 Å². The predicted octanol–water partition coefficient (Wildman–Crippen LogP) is 1.23. The van der Waals surface area contributed by atoms with E-state index >= 15 is 0 Å². The molecule has 19 heavy (non-hydrogen) atoms. The number of nitrogens with two attached hydrogens (primary N) is 2. The second-order valence-electron chi connectivity index (χ2n) is 4.22. The van der Waals surface area contributed by atoms with E-state index in [1.54, 1.807) is 0 Å². The van der Waals surface area contributed by atoms with Gasteiger partial charge in [0.05, 0.1) is 19.6 Å². The molecule has 0 spiro atoms. The first-order chi connectivity index (χ1) is 9.17. The summed E-state index contributed by atoms with van der Waals surface area (Å²) in [7, 11) is 0. The molecular weight excluding hydrogens is 244 g/mol. The van der Waals surface area contributed by atoms with Crippen molar-refractivity contribution in [2.75, 3.05) is 19.8 Å². The summed E-state index contributed by atoms with van der Waals surface area (Å²) >= 11 is 0. The number of benzene rings is 1. The fourth-order valence-corrected chi connectivity index (χ4v) is 1.60. The molecule has 0 aliphatic carbocycles. The normalized spacial score (nSPS) is 10.2. The van der Waals surface area contributed by atoms with E-state index in [0.717, 1.165) is 24.2 Å². The van der Waals surface area contributed by atoms with Crippen LogP contribution in [0, 0.1) is 0 Å². The highest BCUT2D eigenvalue weighted by molar-refractivity contribution is 5.73. The van der Waals surface area contributed by atoms with Crippen LogP contribution in [0.2, 0.25) is 0 Å². The Labute approximate surface area is 113 Å². The van der Waals surface area contributed by atoms with Crippen LogP contribution in [-0.2, 0) is 11.2 Å². The van der Waals surface area contributed by atoms with Crippen molar-refractivity contribution in [1.82, 2.24) is 0 Å². The molecule has 1 rings (SSSR count). The number of primary amides is 1. The molecule has 0 saturated carbocycles. The fraction of sp³-hybridized carbons (Fsp3) is 0.500. The van der Waals surface area contributed by atoms with E-state index in [2.05, 4.69) is 0 Å². The molecule has 0 saturated heterocycles. The lowest BCUT2D eigenvalue weighted by Crippen LogP contribution is -2.15. The Bertz CT molecular complexity index is 408. The van der Waals surface area contributed by atoms with Gasteiger partial charge in [0.1, 0.15) is 11.5 Å². The van der Waals surface area contributed by atoms with Crippen molar-refractivity contribution in [3.05, 3.63) is 23.8 Å². The van der Waals surface area contributed by atoms with Gasteiger partial charge < -0.3 is 20.9 Å². The van der Waals surface area contributed by atoms with E-state index in [9.17, 15) is 4.79 Å². The Morgan fingerprint density at radius 3 is 2.68 bits per heavy atom. The van der Waals surface area contributed by atoms with Crippen LogP contribution in [0.15, 0.2) is 18.2 Å². The topological polar surface area (TPSA) is 87.6 Å². The first-order valence-electron chi connectivity index (χ1n) is 6.54. The lowest BCUT2D eigenvalue weighted by atomic mass is 10.1. The molecule has 1 aromatic carbocycles. The summed E-state index contributed by atoms with van der Waals surface area (Å²) in [5, 5.41) is 0. The Hall–Kier alpha value is -1.75. The van der Waals surface area contributed by atoms with Crippen LogP contribution in [0.5, 0.6) is 11.5 Å². The molecule has 1 aromatic rings. The van der Waals surface area contributed by atoms with Crippen LogP contribution in [0.25, 0.3) is 0 Å². The number of hydrogen-bond donors (Lipinski definition) is 2. The molecule has 5 heteroatoms. The Balaban J connectivity index is 2.72. The average molecular weight is 266 g/mol. The highest BCUT2D eigenvalue weighted by Crippen LogP contribution is 2.25. The van der Waals surface area contributed by atoms with Crippen molar-refractivity contribution in [2.24, 2.45) is 11.5 Å². The quantitative estimate of drug-likeness (QED) is 0.703. The van der Waals surface area contributed by atoms with E-state index in [1.807, 2.05) is 25.1 Å². The lowest BCUT2D eigenvalue weighted by molar-refractivity contribution is -0.118. The molecule has 0 atom stereocenters. The molecule has 0 unspecified atom stereocenters. The maximum Gasteiger partial charge on any atom is 0.220 e. The monoisotopic (exact) mass is 266 g/mol. The van der Waals surface area contributed by atoms with E-state index in [-0.39, 0.29) is 18.9 Å². The van der Waals surface area contributed by atoms with Crippen molar-refractivity contribution in [3.8, 4) is 11.5 Å². The highest BCUT2D eigenvalue weighted by Gasteiger charge is 2.06. The number of amides is 1. The molecule has 0 aromatic heterocycles. The van der Waals surface area contributed by atoms with Crippen LogP contribution in [0.1, 0.15) is 25.3 Å². The highest BCUT2D eigenvalue weighted by atomic mass is 16.5. The van der Waals surface area contributed by atoms with Crippen LogP contribution >= 0.6 is 0 Å². The maximum atomic E-state index is 10.7. The van der Waals surface area contributed by atoms with Gasteiger partial charge in [-0.2, -0.15) is 0 Å². The smallest absolute Gasteiger partial charge is 0.220 e. The van der Waals surface area contributed by atoms with E-state index in [4.69, 9.17) is 20.9 Å². The van der Waals surface area contributed by atoms with Gasteiger partial charge in [0.15, 0.2) is 0 Å². The van der Waals surface area contributed by atoms with Crippen molar-refractivity contribution in [2.45, 2.75) is 26.2 Å². The van der Waals surface area contributed by atoms with Crippen molar-refractivity contribution >= 4 is 5.91 Å². The summed E-state index contributed by atoms with van der Waals surface area (Å²) < 4.78 is 11.1. The molecular formula is C14H22N2O3. The standard InChI is InChI=1S/C14H22N2O3/c1-2-8-18-12-4-3-11(5-7-15)13(10-12)19-9-6-14(16)17/h3-4,10H,2,5-9,15H2,1H3,(H2,16,17). The molecule has 106 valence electrons. The third kappa shape index (κ3) is 5.61. The van der Waals surface area contributed by atoms with Gasteiger partial charge in [-0.3, -0.25) is 4.79 Å². The first kappa shape index (κ1) is 15.3. The molecule has 0 heterocycles. The van der Waals surface area contributed by atoms with Gasteiger partial charge >= 0.3 is 0 Å². The van der Waals surface area contributed by atoms with Gasteiger partial charge in [-0.25, -0.2) is 0 Å². The minimum atomic E-state index is -0.376. The molecule has 0 aliphatic heterocycles. The van der Waals surface area contributed by atoms with Crippen molar-refractivity contribution in [3.63, 3.8) is 0 Å². The van der Waals surface area contributed by atoms with E-state index in [1.165, 1.54) is 0 Å². The SMILES string of the molecule is CCCOc1ccc(CCN)c(OCCC(N)=O)c1. The van der Waals surface area contributed by atoms with Gasteiger partial charge in [-0.1, -0.05) is 13.0 Å². The zero-order valence-corrected chi connectivity index (χ0v) is 11.4. The first-order valence-corrected chi connectivity index (χ1v) is 6.54. The zero-order valence-electron chi connectivity index (χ0n) is 11.4. The van der Waals surface area contributed by atoms with Gasteiger partial charge in [-0.05, 0) is 31.0 Å². The minimum Gasteiger partial charge on any atom is -0.493 e. The van der Waals surface area contributed by atoms with Crippen LogP contribution < -0.4 is 20.9 Å². The third-order valence-corrected chi connectivity index (χ3v) is 2.53. The van der Waals surface area contributed by atoms with Gasteiger partial charge in [-0.15, -0.1) is 0 Å². The summed E-state index contributed by atoms with van der Waals surface area (Å²) in [5.41, 5.74) is 11.7. The fourth-order valence-electron chi connectivity index (χ4n) is 1.60. The Morgan fingerprint density at radius 2 is 2.05 bits per heavy atom. The molecule has 0 radical (unpaired) electrons. The number of rotatable bonds is 9.